The van der Waals surface area contributed by atoms with Gasteiger partial charge < -0.3 is 0 Å². The van der Waals surface area contributed by atoms with E-state index in [-0.39, 0.29) is 6.04 Å². The highest BCUT2D eigenvalue weighted by Crippen LogP contribution is 2.10. The Morgan fingerprint density at radius 3 is 2.73 bits per heavy atom. The molecule has 0 spiro atoms. The molecular formula is C14H19N. The van der Waals surface area contributed by atoms with Crippen molar-refractivity contribution in [2.75, 3.05) is 0 Å². The predicted molar refractivity (Wildman–Crippen MR) is 65.7 cm³/mol. The first-order valence-corrected chi connectivity index (χ1v) is 5.43. The molecule has 0 aliphatic heterocycles. The first-order valence-electron chi connectivity index (χ1n) is 5.43. The van der Waals surface area contributed by atoms with Gasteiger partial charge in [-0.3, -0.25) is 5.32 Å². The van der Waals surface area contributed by atoms with Crippen LogP contribution in [0.2, 0.25) is 0 Å². The fourth-order valence-corrected chi connectivity index (χ4v) is 1.54. The first kappa shape index (κ1) is 11.8. The maximum Gasteiger partial charge on any atom is 0.0686 e. The maximum atomic E-state index is 5.40. The van der Waals surface area contributed by atoms with Crippen LogP contribution in [0.3, 0.4) is 0 Å². The number of nitrogens with one attached hydrogen (secondary N) is 1. The molecule has 0 aliphatic carbocycles. The molecule has 1 nitrogen and oxygen atoms in total. The molecule has 80 valence electrons. The summed E-state index contributed by atoms with van der Waals surface area (Å²) in [5.74, 6) is 2.74. The number of aryl methyl sites for hydroxylation is 2. The lowest BCUT2D eigenvalue weighted by atomic mass is 10.1. The highest BCUT2D eigenvalue weighted by atomic mass is 14.9. The third-order valence-corrected chi connectivity index (χ3v) is 2.65. The van der Waals surface area contributed by atoms with Crippen molar-refractivity contribution >= 4 is 0 Å². The maximum absolute atomic E-state index is 5.40. The normalized spacial score (nSPS) is 12.1. The van der Waals surface area contributed by atoms with Gasteiger partial charge in [0.05, 0.1) is 6.04 Å². The smallest absolute Gasteiger partial charge is 0.0686 e. The molecule has 1 unspecified atom stereocenters. The van der Waals surface area contributed by atoms with Crippen molar-refractivity contribution in [2.24, 2.45) is 0 Å². The third-order valence-electron chi connectivity index (χ3n) is 2.65. The van der Waals surface area contributed by atoms with Gasteiger partial charge in [0.25, 0.3) is 0 Å². The molecule has 0 fully saturated rings. The van der Waals surface area contributed by atoms with Crippen molar-refractivity contribution in [1.82, 2.24) is 5.32 Å². The van der Waals surface area contributed by atoms with Crippen molar-refractivity contribution in [3.63, 3.8) is 0 Å². The Bertz CT molecular complexity index is 360. The van der Waals surface area contributed by atoms with Crippen molar-refractivity contribution in [3.05, 3.63) is 34.9 Å². The topological polar surface area (TPSA) is 12.0 Å². The summed E-state index contributed by atoms with van der Waals surface area (Å²) in [6, 6.07) is 6.69. The third kappa shape index (κ3) is 3.42. The van der Waals surface area contributed by atoms with Crippen LogP contribution in [0.1, 0.15) is 30.0 Å². The largest absolute Gasteiger partial charge is 0.300 e. The summed E-state index contributed by atoms with van der Waals surface area (Å²) in [7, 11) is 0. The number of hydrogen-bond acceptors (Lipinski definition) is 1. The van der Waals surface area contributed by atoms with Crippen LogP contribution in [0, 0.1) is 26.2 Å². The van der Waals surface area contributed by atoms with E-state index in [0.717, 1.165) is 13.0 Å². The monoisotopic (exact) mass is 201 g/mol. The number of terminal acetylenes is 1. The van der Waals surface area contributed by atoms with Crippen LogP contribution in [0.4, 0.5) is 0 Å². The minimum atomic E-state index is 0.185. The molecule has 0 amide bonds. The molecule has 1 aromatic rings. The van der Waals surface area contributed by atoms with E-state index in [1.54, 1.807) is 0 Å². The lowest BCUT2D eigenvalue weighted by Gasteiger charge is -2.12. The fraction of sp³-hybridized carbons (Fsp3) is 0.429. The van der Waals surface area contributed by atoms with Crippen molar-refractivity contribution in [3.8, 4) is 12.3 Å². The summed E-state index contributed by atoms with van der Waals surface area (Å²) in [6.45, 7) is 7.20. The second-order valence-corrected chi connectivity index (χ2v) is 3.94. The Morgan fingerprint density at radius 1 is 1.40 bits per heavy atom. The Morgan fingerprint density at radius 2 is 2.13 bits per heavy atom. The molecule has 1 N–H and O–H groups in total. The van der Waals surface area contributed by atoms with Gasteiger partial charge in [-0.1, -0.05) is 36.6 Å². The Hall–Kier alpha value is -1.26. The molecule has 0 saturated heterocycles. The zero-order valence-electron chi connectivity index (χ0n) is 9.80. The minimum absolute atomic E-state index is 0.185. The summed E-state index contributed by atoms with van der Waals surface area (Å²) < 4.78 is 0. The predicted octanol–water partition coefficient (Wildman–Crippen LogP) is 2.80. The van der Waals surface area contributed by atoms with Crippen LogP contribution in [-0.4, -0.2) is 6.04 Å². The van der Waals surface area contributed by atoms with Crippen LogP contribution in [-0.2, 0) is 6.54 Å². The van der Waals surface area contributed by atoms with Gasteiger partial charge in [0, 0.05) is 6.54 Å². The van der Waals surface area contributed by atoms with E-state index in [9.17, 15) is 0 Å². The molecule has 1 rings (SSSR count). The van der Waals surface area contributed by atoms with Crippen LogP contribution >= 0.6 is 0 Å². The van der Waals surface area contributed by atoms with Gasteiger partial charge in [-0.05, 0) is 31.4 Å². The first-order chi connectivity index (χ1) is 7.17. The highest BCUT2D eigenvalue weighted by molar-refractivity contribution is 5.30. The molecule has 0 aliphatic rings. The highest BCUT2D eigenvalue weighted by Gasteiger charge is 2.02. The van der Waals surface area contributed by atoms with Gasteiger partial charge in [-0.25, -0.2) is 0 Å². The Labute approximate surface area is 92.9 Å². The molecule has 1 atom stereocenters. The van der Waals surface area contributed by atoms with Gasteiger partial charge in [0.2, 0.25) is 0 Å². The van der Waals surface area contributed by atoms with Gasteiger partial charge in [-0.15, -0.1) is 6.42 Å². The average molecular weight is 201 g/mol. The zero-order valence-corrected chi connectivity index (χ0v) is 9.80. The van der Waals surface area contributed by atoms with E-state index in [1.807, 2.05) is 0 Å². The molecule has 15 heavy (non-hydrogen) atoms. The van der Waals surface area contributed by atoms with E-state index in [4.69, 9.17) is 6.42 Å². The van der Waals surface area contributed by atoms with E-state index >= 15 is 0 Å². The molecule has 0 radical (unpaired) electrons. The summed E-state index contributed by atoms with van der Waals surface area (Å²) in [4.78, 5) is 0. The molecule has 0 saturated carbocycles. The number of hydrogen-bond donors (Lipinski definition) is 1. The van der Waals surface area contributed by atoms with E-state index in [1.165, 1.54) is 16.7 Å². The van der Waals surface area contributed by atoms with Gasteiger partial charge in [0.15, 0.2) is 0 Å². The Kier molecular flexibility index (Phi) is 4.39. The van der Waals surface area contributed by atoms with E-state index < -0.39 is 0 Å². The second-order valence-electron chi connectivity index (χ2n) is 3.94. The van der Waals surface area contributed by atoms with Gasteiger partial charge in [-0.2, -0.15) is 0 Å². The van der Waals surface area contributed by atoms with Crippen LogP contribution in [0.25, 0.3) is 0 Å². The van der Waals surface area contributed by atoms with Crippen LogP contribution < -0.4 is 5.32 Å². The van der Waals surface area contributed by atoms with Gasteiger partial charge >= 0.3 is 0 Å². The lowest BCUT2D eigenvalue weighted by Crippen LogP contribution is -2.26. The molecule has 1 heteroatoms. The summed E-state index contributed by atoms with van der Waals surface area (Å²) in [5, 5.41) is 3.37. The minimum Gasteiger partial charge on any atom is -0.300 e. The molecular weight excluding hydrogens is 182 g/mol. The number of rotatable bonds is 4. The SMILES string of the molecule is C#CC(CC)NCc1cc(C)ccc1C. The Balaban J connectivity index is 2.65. The van der Waals surface area contributed by atoms with Crippen LogP contribution in [0.15, 0.2) is 18.2 Å². The van der Waals surface area contributed by atoms with Crippen molar-refractivity contribution < 1.29 is 0 Å². The zero-order chi connectivity index (χ0) is 11.3. The van der Waals surface area contributed by atoms with Crippen molar-refractivity contribution in [1.29, 1.82) is 0 Å². The fourth-order valence-electron chi connectivity index (χ4n) is 1.54. The molecule has 0 bridgehead atoms. The number of benzene rings is 1. The summed E-state index contributed by atoms with van der Waals surface area (Å²) in [6.07, 6.45) is 6.38. The average Bonchev–Trinajstić information content (AvgIpc) is 2.24. The van der Waals surface area contributed by atoms with E-state index in [0.29, 0.717) is 0 Å². The molecule has 0 heterocycles. The second kappa shape index (κ2) is 5.58. The molecule has 0 aromatic heterocycles. The summed E-state index contributed by atoms with van der Waals surface area (Å²) in [5.41, 5.74) is 3.95. The molecule has 1 aromatic carbocycles. The lowest BCUT2D eigenvalue weighted by molar-refractivity contribution is 0.591. The standard InChI is InChI=1S/C14H19N/c1-5-14(6-2)15-10-13-9-11(3)7-8-12(13)4/h1,7-9,14-15H,6,10H2,2-4H3. The van der Waals surface area contributed by atoms with E-state index in [2.05, 4.69) is 50.2 Å². The quantitative estimate of drug-likeness (QED) is 0.739. The summed E-state index contributed by atoms with van der Waals surface area (Å²) >= 11 is 0. The van der Waals surface area contributed by atoms with Crippen LogP contribution in [0.5, 0.6) is 0 Å². The van der Waals surface area contributed by atoms with Crippen molar-refractivity contribution in [2.45, 2.75) is 39.8 Å². The van der Waals surface area contributed by atoms with Gasteiger partial charge in [0.1, 0.15) is 0 Å².